The molecule has 1 aliphatic heterocycles. The Morgan fingerprint density at radius 3 is 2.88 bits per heavy atom. The molecule has 1 unspecified atom stereocenters. The lowest BCUT2D eigenvalue weighted by Gasteiger charge is -2.19. The van der Waals surface area contributed by atoms with E-state index in [4.69, 9.17) is 9.15 Å². The number of nitrogens with zero attached hydrogens (tertiary/aromatic N) is 1. The highest BCUT2D eigenvalue weighted by atomic mass is 16.5. The van der Waals surface area contributed by atoms with Crippen LogP contribution in [0.4, 0.5) is 0 Å². The summed E-state index contributed by atoms with van der Waals surface area (Å²) in [6.45, 7) is 3.57. The highest BCUT2D eigenvalue weighted by Crippen LogP contribution is 2.35. The molecule has 4 nitrogen and oxygen atoms in total. The van der Waals surface area contributed by atoms with Gasteiger partial charge in [-0.2, -0.15) is 5.26 Å². The molecular formula is C20H18N2O2. The first kappa shape index (κ1) is 14.8. The number of rotatable bonds is 2. The highest BCUT2D eigenvalue weighted by molar-refractivity contribution is 5.92. The first-order chi connectivity index (χ1) is 11.8. The second-order valence-corrected chi connectivity index (χ2v) is 6.08. The van der Waals surface area contributed by atoms with Crippen molar-refractivity contribution in [3.8, 4) is 11.8 Å². The smallest absolute Gasteiger partial charge is 0.128 e. The summed E-state index contributed by atoms with van der Waals surface area (Å²) in [5.41, 5.74) is 1.78. The van der Waals surface area contributed by atoms with Gasteiger partial charge in [-0.3, -0.25) is 0 Å². The number of aryl methyl sites for hydroxylation is 1. The van der Waals surface area contributed by atoms with Gasteiger partial charge < -0.3 is 14.5 Å². The average Bonchev–Trinajstić information content (AvgIpc) is 2.88. The fraction of sp³-hybridized carbons (Fsp3) is 0.250. The normalized spacial score (nSPS) is 17.1. The molecule has 1 aliphatic rings. The lowest BCUT2D eigenvalue weighted by Crippen LogP contribution is -2.14. The molecule has 0 fully saturated rings. The molecule has 0 bridgehead atoms. The number of benzene rings is 2. The van der Waals surface area contributed by atoms with Crippen LogP contribution in [0.3, 0.4) is 0 Å². The third kappa shape index (κ3) is 2.53. The molecule has 0 radical (unpaired) electrons. The van der Waals surface area contributed by atoms with Gasteiger partial charge in [-0.1, -0.05) is 24.3 Å². The maximum atomic E-state index is 9.31. The van der Waals surface area contributed by atoms with Gasteiger partial charge in [-0.05, 0) is 31.7 Å². The maximum absolute atomic E-state index is 9.31. The van der Waals surface area contributed by atoms with Crippen LogP contribution >= 0.6 is 0 Å². The molecule has 3 aromatic rings. The number of nitrogens with one attached hydrogen (secondary N) is 1. The molecule has 4 heteroatoms. The van der Waals surface area contributed by atoms with E-state index in [1.54, 1.807) is 0 Å². The zero-order valence-corrected chi connectivity index (χ0v) is 13.5. The molecule has 24 heavy (non-hydrogen) atoms. The van der Waals surface area contributed by atoms with Crippen molar-refractivity contribution in [2.45, 2.75) is 26.0 Å². The Labute approximate surface area is 140 Å². The van der Waals surface area contributed by atoms with Gasteiger partial charge in [0.05, 0.1) is 18.2 Å². The summed E-state index contributed by atoms with van der Waals surface area (Å²) in [7, 11) is 0. The Kier molecular flexibility index (Phi) is 3.72. The van der Waals surface area contributed by atoms with Crippen LogP contribution in [0.2, 0.25) is 0 Å². The van der Waals surface area contributed by atoms with Crippen LogP contribution in [0.1, 0.15) is 35.2 Å². The van der Waals surface area contributed by atoms with E-state index in [1.165, 1.54) is 0 Å². The quantitative estimate of drug-likeness (QED) is 0.768. The van der Waals surface area contributed by atoms with E-state index >= 15 is 0 Å². The maximum Gasteiger partial charge on any atom is 0.128 e. The minimum absolute atomic E-state index is 0.0520. The number of fused-ring (bicyclic) bond motifs is 2. The number of nitriles is 1. The second-order valence-electron chi connectivity index (χ2n) is 6.08. The molecular weight excluding hydrogens is 300 g/mol. The van der Waals surface area contributed by atoms with Crippen LogP contribution in [-0.4, -0.2) is 6.54 Å². The molecule has 1 aromatic heterocycles. The van der Waals surface area contributed by atoms with Crippen LogP contribution in [-0.2, 0) is 6.54 Å². The van der Waals surface area contributed by atoms with Gasteiger partial charge in [-0.25, -0.2) is 0 Å². The molecule has 0 spiro atoms. The van der Waals surface area contributed by atoms with E-state index in [0.29, 0.717) is 5.56 Å². The molecule has 4 rings (SSSR count). The van der Waals surface area contributed by atoms with E-state index in [9.17, 15) is 5.26 Å². The second kappa shape index (κ2) is 6.03. The predicted molar refractivity (Wildman–Crippen MR) is 91.8 cm³/mol. The van der Waals surface area contributed by atoms with E-state index in [-0.39, 0.29) is 6.10 Å². The zero-order chi connectivity index (χ0) is 16.5. The first-order valence-electron chi connectivity index (χ1n) is 8.14. The minimum atomic E-state index is -0.0520. The largest absolute Gasteiger partial charge is 0.485 e. The molecule has 0 saturated heterocycles. The van der Waals surface area contributed by atoms with Crippen LogP contribution in [0.15, 0.2) is 46.9 Å². The van der Waals surface area contributed by atoms with E-state index in [0.717, 1.165) is 53.1 Å². The molecule has 2 heterocycles. The lowest BCUT2D eigenvalue weighted by atomic mass is 10.0. The molecule has 120 valence electrons. The summed E-state index contributed by atoms with van der Waals surface area (Å²) in [5, 5.41) is 14.6. The Morgan fingerprint density at radius 2 is 2.04 bits per heavy atom. The van der Waals surface area contributed by atoms with Crippen molar-refractivity contribution < 1.29 is 9.15 Å². The molecule has 1 atom stereocenters. The lowest BCUT2D eigenvalue weighted by molar-refractivity contribution is 0.199. The van der Waals surface area contributed by atoms with Crippen LogP contribution in [0, 0.1) is 18.3 Å². The van der Waals surface area contributed by atoms with Gasteiger partial charge in [0, 0.05) is 22.8 Å². The summed E-state index contributed by atoms with van der Waals surface area (Å²) >= 11 is 0. The SMILES string of the molecule is Cc1cc2c(o1)CNCCC2Oc1ccc(C#N)c2ccccc12. The Hall–Kier alpha value is -2.77. The number of furan rings is 1. The fourth-order valence-corrected chi connectivity index (χ4v) is 3.33. The van der Waals surface area contributed by atoms with Crippen molar-refractivity contribution in [2.75, 3.05) is 6.54 Å². The van der Waals surface area contributed by atoms with E-state index in [2.05, 4.69) is 17.5 Å². The topological polar surface area (TPSA) is 58.2 Å². The van der Waals surface area contributed by atoms with E-state index in [1.807, 2.05) is 43.3 Å². The van der Waals surface area contributed by atoms with Crippen LogP contribution < -0.4 is 10.1 Å². The van der Waals surface area contributed by atoms with Gasteiger partial charge in [0.25, 0.3) is 0 Å². The first-order valence-corrected chi connectivity index (χ1v) is 8.14. The number of hydrogen-bond acceptors (Lipinski definition) is 4. The third-order valence-corrected chi connectivity index (χ3v) is 4.45. The Morgan fingerprint density at radius 1 is 1.21 bits per heavy atom. The van der Waals surface area contributed by atoms with Crippen LogP contribution in [0.25, 0.3) is 10.8 Å². The Bertz CT molecular complexity index is 936. The predicted octanol–water partition coefficient (Wildman–Crippen LogP) is 4.23. The zero-order valence-electron chi connectivity index (χ0n) is 13.5. The van der Waals surface area contributed by atoms with Gasteiger partial charge >= 0.3 is 0 Å². The summed E-state index contributed by atoms with van der Waals surface area (Å²) in [6.07, 6.45) is 0.823. The Balaban J connectivity index is 1.76. The molecule has 0 saturated carbocycles. The van der Waals surface area contributed by atoms with Crippen molar-refractivity contribution in [3.05, 3.63) is 65.1 Å². The molecule has 1 N–H and O–H groups in total. The van der Waals surface area contributed by atoms with Crippen molar-refractivity contribution >= 4 is 10.8 Å². The standard InChI is InChI=1S/C20H18N2O2/c1-13-10-17-19(8-9-22-12-20(17)23-13)24-18-7-6-14(11-21)15-4-2-3-5-16(15)18/h2-7,10,19,22H,8-9,12H2,1H3. The van der Waals surface area contributed by atoms with Gasteiger partial charge in [0.15, 0.2) is 0 Å². The summed E-state index contributed by atoms with van der Waals surface area (Å²) < 4.78 is 12.2. The van der Waals surface area contributed by atoms with Crippen molar-refractivity contribution in [1.29, 1.82) is 5.26 Å². The van der Waals surface area contributed by atoms with Crippen molar-refractivity contribution in [3.63, 3.8) is 0 Å². The minimum Gasteiger partial charge on any atom is -0.485 e. The summed E-state index contributed by atoms with van der Waals surface area (Å²) in [5.74, 6) is 2.66. The average molecular weight is 318 g/mol. The fourth-order valence-electron chi connectivity index (χ4n) is 3.33. The molecule has 0 aliphatic carbocycles. The van der Waals surface area contributed by atoms with E-state index < -0.39 is 0 Å². The molecule has 2 aromatic carbocycles. The number of hydrogen-bond donors (Lipinski definition) is 1. The number of ether oxygens (including phenoxy) is 1. The van der Waals surface area contributed by atoms with Gasteiger partial charge in [0.1, 0.15) is 23.4 Å². The highest BCUT2D eigenvalue weighted by Gasteiger charge is 2.24. The van der Waals surface area contributed by atoms with Gasteiger partial charge in [0.2, 0.25) is 0 Å². The monoisotopic (exact) mass is 318 g/mol. The third-order valence-electron chi connectivity index (χ3n) is 4.45. The van der Waals surface area contributed by atoms with Crippen molar-refractivity contribution in [1.82, 2.24) is 5.32 Å². The molecule has 0 amide bonds. The summed E-state index contributed by atoms with van der Waals surface area (Å²) in [6, 6.07) is 15.9. The van der Waals surface area contributed by atoms with Gasteiger partial charge in [-0.15, -0.1) is 0 Å². The summed E-state index contributed by atoms with van der Waals surface area (Å²) in [4.78, 5) is 0. The van der Waals surface area contributed by atoms with Crippen molar-refractivity contribution in [2.24, 2.45) is 0 Å². The van der Waals surface area contributed by atoms with Crippen LogP contribution in [0.5, 0.6) is 5.75 Å².